The van der Waals surface area contributed by atoms with Crippen LogP contribution in [0.4, 0.5) is 11.5 Å². The van der Waals surface area contributed by atoms with Gasteiger partial charge in [-0.2, -0.15) is 0 Å². The summed E-state index contributed by atoms with van der Waals surface area (Å²) in [6, 6.07) is 17.5. The van der Waals surface area contributed by atoms with Crippen molar-refractivity contribution >= 4 is 34.1 Å². The van der Waals surface area contributed by atoms with Crippen molar-refractivity contribution < 1.29 is 0 Å². The second-order valence-corrected chi connectivity index (χ2v) is 10.3. The van der Waals surface area contributed by atoms with Crippen LogP contribution < -0.4 is 10.5 Å². The van der Waals surface area contributed by atoms with E-state index in [4.69, 9.17) is 23.2 Å². The summed E-state index contributed by atoms with van der Waals surface area (Å²) < 4.78 is 1.59. The molecule has 0 saturated carbocycles. The first-order valence-electron chi connectivity index (χ1n) is 12.4. The molecule has 8 heteroatoms. The third-order valence-corrected chi connectivity index (χ3v) is 7.50. The van der Waals surface area contributed by atoms with Gasteiger partial charge < -0.3 is 14.3 Å². The van der Waals surface area contributed by atoms with E-state index in [0.717, 1.165) is 34.6 Å². The summed E-state index contributed by atoms with van der Waals surface area (Å²) in [5.41, 5.74) is 5.38. The molecule has 3 atom stereocenters. The SMILES string of the molecule is [C-]#[N+]c1ccc2c(n1)c(N1C[C@@H](C)N(C(c3ccc(Cl)cc3)c3cc(C)ccn3)C[C@@H]1C)cc(=O)n2C. The van der Waals surface area contributed by atoms with E-state index in [0.29, 0.717) is 22.9 Å². The van der Waals surface area contributed by atoms with Crippen molar-refractivity contribution in [3.05, 3.63) is 104 Å². The first-order valence-corrected chi connectivity index (χ1v) is 12.7. The number of benzene rings is 1. The molecule has 1 aliphatic rings. The van der Waals surface area contributed by atoms with Crippen molar-refractivity contribution in [1.29, 1.82) is 0 Å². The smallest absolute Gasteiger partial charge is 0.270 e. The minimum absolute atomic E-state index is 0.0380. The first kappa shape index (κ1) is 24.9. The van der Waals surface area contributed by atoms with Crippen molar-refractivity contribution in [2.24, 2.45) is 7.05 Å². The van der Waals surface area contributed by atoms with Gasteiger partial charge in [-0.3, -0.25) is 14.7 Å². The second kappa shape index (κ2) is 9.97. The summed E-state index contributed by atoms with van der Waals surface area (Å²) in [7, 11) is 1.74. The highest BCUT2D eigenvalue weighted by atomic mass is 35.5. The Labute approximate surface area is 221 Å². The van der Waals surface area contributed by atoms with Crippen LogP contribution in [0.15, 0.2) is 65.6 Å². The minimum Gasteiger partial charge on any atom is -0.362 e. The van der Waals surface area contributed by atoms with Crippen molar-refractivity contribution in [3.8, 4) is 0 Å². The molecule has 188 valence electrons. The van der Waals surface area contributed by atoms with Crippen molar-refractivity contribution in [2.75, 3.05) is 18.0 Å². The Morgan fingerprint density at radius 1 is 1.05 bits per heavy atom. The minimum atomic E-state index is -0.0925. The van der Waals surface area contributed by atoms with Gasteiger partial charge in [0.15, 0.2) is 0 Å². The molecule has 1 fully saturated rings. The Morgan fingerprint density at radius 2 is 1.81 bits per heavy atom. The number of anilines is 1. The van der Waals surface area contributed by atoms with Crippen LogP contribution in [-0.4, -0.2) is 44.6 Å². The molecule has 1 aromatic carbocycles. The van der Waals surface area contributed by atoms with Gasteiger partial charge in [0.25, 0.3) is 11.4 Å². The van der Waals surface area contributed by atoms with Gasteiger partial charge in [0.1, 0.15) is 0 Å². The van der Waals surface area contributed by atoms with Gasteiger partial charge in [-0.1, -0.05) is 30.3 Å². The predicted molar refractivity (Wildman–Crippen MR) is 148 cm³/mol. The highest BCUT2D eigenvalue weighted by Gasteiger charge is 2.37. The summed E-state index contributed by atoms with van der Waals surface area (Å²) in [6.07, 6.45) is 1.87. The summed E-state index contributed by atoms with van der Waals surface area (Å²) in [6.45, 7) is 15.3. The number of pyridine rings is 3. The van der Waals surface area contributed by atoms with Gasteiger partial charge in [0.2, 0.25) is 5.52 Å². The lowest BCUT2D eigenvalue weighted by Gasteiger charge is -2.48. The highest BCUT2D eigenvalue weighted by Crippen LogP contribution is 2.36. The van der Waals surface area contributed by atoms with Gasteiger partial charge in [-0.15, -0.1) is 4.98 Å². The number of hydrogen-bond acceptors (Lipinski definition) is 5. The maximum absolute atomic E-state index is 12.9. The first-order chi connectivity index (χ1) is 17.8. The van der Waals surface area contributed by atoms with Gasteiger partial charge >= 0.3 is 0 Å². The number of aryl methyl sites for hydroxylation is 2. The molecule has 3 aromatic heterocycles. The summed E-state index contributed by atoms with van der Waals surface area (Å²) in [4.78, 5) is 30.5. The molecular formula is C29H29ClN6O. The van der Waals surface area contributed by atoms with E-state index in [2.05, 4.69) is 58.6 Å². The van der Waals surface area contributed by atoms with Gasteiger partial charge in [0, 0.05) is 49.5 Å². The highest BCUT2D eigenvalue weighted by molar-refractivity contribution is 6.30. The maximum atomic E-state index is 12.9. The molecule has 1 saturated heterocycles. The second-order valence-electron chi connectivity index (χ2n) is 9.84. The van der Waals surface area contributed by atoms with Crippen molar-refractivity contribution in [1.82, 2.24) is 19.4 Å². The van der Waals surface area contributed by atoms with Gasteiger partial charge in [-0.25, -0.2) is 0 Å². The fraction of sp³-hybridized carbons (Fsp3) is 0.310. The predicted octanol–water partition coefficient (Wildman–Crippen LogP) is 5.53. The van der Waals surface area contributed by atoms with Crippen LogP contribution in [0, 0.1) is 13.5 Å². The average molecular weight is 513 g/mol. The Bertz CT molecular complexity index is 1560. The number of nitrogens with zero attached hydrogens (tertiary/aromatic N) is 6. The Kier molecular flexibility index (Phi) is 6.72. The number of rotatable bonds is 4. The molecule has 0 radical (unpaired) electrons. The summed E-state index contributed by atoms with van der Waals surface area (Å²) >= 11 is 6.22. The Morgan fingerprint density at radius 3 is 2.51 bits per heavy atom. The summed E-state index contributed by atoms with van der Waals surface area (Å²) in [5, 5.41) is 0.703. The summed E-state index contributed by atoms with van der Waals surface area (Å²) in [5.74, 6) is 0.320. The lowest BCUT2D eigenvalue weighted by atomic mass is 9.95. The van der Waals surface area contributed by atoms with E-state index < -0.39 is 0 Å². The number of aromatic nitrogens is 3. The third-order valence-electron chi connectivity index (χ3n) is 7.25. The normalized spacial score (nSPS) is 19.1. The lowest BCUT2D eigenvalue weighted by molar-refractivity contribution is 0.128. The quantitative estimate of drug-likeness (QED) is 0.336. The van der Waals surface area contributed by atoms with Crippen LogP contribution in [0.5, 0.6) is 0 Å². The molecule has 7 nitrogen and oxygen atoms in total. The van der Waals surface area contributed by atoms with Crippen LogP contribution in [-0.2, 0) is 7.05 Å². The Balaban J connectivity index is 1.56. The monoisotopic (exact) mass is 512 g/mol. The topological polar surface area (TPSA) is 58.6 Å². The largest absolute Gasteiger partial charge is 0.362 e. The molecule has 4 heterocycles. The zero-order valence-corrected chi connectivity index (χ0v) is 22.1. The standard InChI is InChI=1S/C29H29ClN6O/c1-18-12-13-32-23(14-18)29(21-6-8-22(30)9-7-21)36-17-19(2)35(16-20(36)3)25-15-27(37)34(5)24-10-11-26(31-4)33-28(24)25/h6-15,19-20,29H,16-17H2,1-3,5H3/t19-,20+,29?/m0/s1. The van der Waals surface area contributed by atoms with Gasteiger partial charge in [-0.05, 0) is 68.3 Å². The fourth-order valence-corrected chi connectivity index (χ4v) is 5.44. The molecule has 1 unspecified atom stereocenters. The number of fused-ring (bicyclic) bond motifs is 1. The van der Waals surface area contributed by atoms with Crippen LogP contribution in [0.25, 0.3) is 15.9 Å². The molecule has 37 heavy (non-hydrogen) atoms. The van der Waals surface area contributed by atoms with Crippen LogP contribution in [0.1, 0.15) is 36.7 Å². The number of halogens is 1. The zero-order valence-electron chi connectivity index (χ0n) is 21.4. The molecule has 0 spiro atoms. The third kappa shape index (κ3) is 4.71. The van der Waals surface area contributed by atoms with Crippen molar-refractivity contribution in [3.63, 3.8) is 0 Å². The van der Waals surface area contributed by atoms with E-state index in [-0.39, 0.29) is 23.7 Å². The van der Waals surface area contributed by atoms with Crippen LogP contribution >= 0.6 is 11.6 Å². The maximum Gasteiger partial charge on any atom is 0.270 e. The number of hydrogen-bond donors (Lipinski definition) is 0. The van der Waals surface area contributed by atoms with E-state index in [9.17, 15) is 4.79 Å². The molecule has 0 N–H and O–H groups in total. The van der Waals surface area contributed by atoms with E-state index >= 15 is 0 Å². The Hall–Kier alpha value is -3.73. The van der Waals surface area contributed by atoms with Crippen molar-refractivity contribution in [2.45, 2.75) is 38.9 Å². The lowest BCUT2D eigenvalue weighted by Crippen LogP contribution is -2.57. The molecule has 0 aliphatic carbocycles. The van der Waals surface area contributed by atoms with Gasteiger partial charge in [0.05, 0.1) is 22.9 Å². The van der Waals surface area contributed by atoms with E-state index in [1.807, 2.05) is 30.5 Å². The molecular weight excluding hydrogens is 484 g/mol. The molecule has 1 aliphatic heterocycles. The fourth-order valence-electron chi connectivity index (χ4n) is 5.32. The molecule has 0 bridgehead atoms. The molecule has 5 rings (SSSR count). The van der Waals surface area contributed by atoms with E-state index in [1.54, 1.807) is 23.7 Å². The van der Waals surface area contributed by atoms with E-state index in [1.165, 1.54) is 0 Å². The number of piperazine rings is 1. The zero-order chi connectivity index (χ0) is 26.3. The average Bonchev–Trinajstić information content (AvgIpc) is 2.89. The van der Waals surface area contributed by atoms with Crippen LogP contribution in [0.3, 0.4) is 0 Å². The molecule has 0 amide bonds. The van der Waals surface area contributed by atoms with Crippen LogP contribution in [0.2, 0.25) is 5.02 Å². The molecule has 4 aromatic rings.